The van der Waals surface area contributed by atoms with Crippen molar-refractivity contribution in [3.05, 3.63) is 113 Å². The molecule has 38 heavy (non-hydrogen) atoms. The fourth-order valence-electron chi connectivity index (χ4n) is 5.27. The molecule has 1 aliphatic heterocycles. The lowest BCUT2D eigenvalue weighted by Gasteiger charge is -2.31. The molecule has 2 aliphatic rings. The maximum absolute atomic E-state index is 14.0. The van der Waals surface area contributed by atoms with Crippen molar-refractivity contribution in [2.45, 2.75) is 18.9 Å². The predicted molar refractivity (Wildman–Crippen MR) is 153 cm³/mol. The minimum atomic E-state index is -0.292. The highest BCUT2D eigenvalue weighted by Gasteiger charge is 2.33. The Labute approximate surface area is 232 Å². The summed E-state index contributed by atoms with van der Waals surface area (Å²) in [4.78, 5) is 19.7. The van der Waals surface area contributed by atoms with Crippen LogP contribution in [0.1, 0.15) is 34.7 Å². The van der Waals surface area contributed by atoms with E-state index in [1.54, 1.807) is 21.3 Å². The zero-order valence-corrected chi connectivity index (χ0v) is 23.6. The average molecular weight is 590 g/mol. The van der Waals surface area contributed by atoms with E-state index in [1.165, 1.54) is 16.9 Å². The number of nitrogens with zero attached hydrogens (tertiary/aromatic N) is 2. The highest BCUT2D eigenvalue weighted by Crippen LogP contribution is 2.42. The number of methoxy groups -OCH3 is 3. The van der Waals surface area contributed by atoms with E-state index >= 15 is 0 Å². The first-order valence-corrected chi connectivity index (χ1v) is 13.8. The molecule has 1 atom stereocenters. The number of fused-ring (bicyclic) bond motifs is 3. The Morgan fingerprint density at radius 3 is 2.47 bits per heavy atom. The zero-order valence-electron chi connectivity index (χ0n) is 21.2. The molecule has 0 fully saturated rings. The van der Waals surface area contributed by atoms with Crippen LogP contribution in [-0.4, -0.2) is 25.9 Å². The van der Waals surface area contributed by atoms with Crippen molar-refractivity contribution >= 4 is 39.0 Å². The molecule has 0 spiro atoms. The molecule has 1 aliphatic carbocycles. The molecule has 0 saturated carbocycles. The first kappa shape index (κ1) is 24.7. The van der Waals surface area contributed by atoms with Gasteiger partial charge in [-0.1, -0.05) is 47.7 Å². The molecule has 8 heteroatoms. The van der Waals surface area contributed by atoms with Crippen molar-refractivity contribution in [1.29, 1.82) is 0 Å². The van der Waals surface area contributed by atoms with Gasteiger partial charge in [0.15, 0.2) is 16.3 Å². The molecule has 0 radical (unpaired) electrons. The van der Waals surface area contributed by atoms with Gasteiger partial charge in [0.1, 0.15) is 5.75 Å². The maximum atomic E-state index is 14.0. The van der Waals surface area contributed by atoms with Crippen LogP contribution in [0.5, 0.6) is 17.2 Å². The fourth-order valence-corrected chi connectivity index (χ4v) is 6.83. The van der Waals surface area contributed by atoms with Crippen LogP contribution in [0.15, 0.2) is 80.5 Å². The minimum absolute atomic E-state index is 0.0640. The normalized spacial score (nSPS) is 16.3. The number of benzene rings is 3. The summed E-state index contributed by atoms with van der Waals surface area (Å²) in [6.07, 6.45) is 3.64. The second-order valence-electron chi connectivity index (χ2n) is 9.12. The minimum Gasteiger partial charge on any atom is -0.496 e. The molecule has 0 bridgehead atoms. The second kappa shape index (κ2) is 9.93. The number of hydrogen-bond donors (Lipinski definition) is 0. The van der Waals surface area contributed by atoms with Crippen molar-refractivity contribution in [3.63, 3.8) is 0 Å². The van der Waals surface area contributed by atoms with Crippen LogP contribution in [0, 0.1) is 0 Å². The number of aryl methyl sites for hydroxylation is 1. The van der Waals surface area contributed by atoms with Crippen molar-refractivity contribution in [1.82, 2.24) is 4.57 Å². The molecule has 6 nitrogen and oxygen atoms in total. The van der Waals surface area contributed by atoms with Gasteiger partial charge >= 0.3 is 0 Å². The van der Waals surface area contributed by atoms with Gasteiger partial charge in [-0.3, -0.25) is 9.36 Å². The van der Waals surface area contributed by atoms with Crippen molar-refractivity contribution in [3.8, 4) is 17.2 Å². The molecular formula is C30H25BrN2O4S. The van der Waals surface area contributed by atoms with Crippen LogP contribution < -0.4 is 29.1 Å². The first-order valence-electron chi connectivity index (χ1n) is 12.2. The molecule has 0 saturated heterocycles. The lowest BCUT2D eigenvalue weighted by molar-refractivity contribution is 0.354. The Morgan fingerprint density at radius 2 is 1.71 bits per heavy atom. The Bertz CT molecular complexity index is 1790. The number of hydrogen-bond acceptors (Lipinski definition) is 6. The fraction of sp³-hybridized carbons (Fsp3) is 0.200. The van der Waals surface area contributed by atoms with Gasteiger partial charge in [0.2, 0.25) is 0 Å². The van der Waals surface area contributed by atoms with Gasteiger partial charge in [0.25, 0.3) is 5.56 Å². The average Bonchev–Trinajstić information content (AvgIpc) is 3.25. The summed E-state index contributed by atoms with van der Waals surface area (Å²) in [7, 11) is 4.88. The summed E-state index contributed by atoms with van der Waals surface area (Å²) in [6, 6.07) is 19.8. The quantitative estimate of drug-likeness (QED) is 0.325. The van der Waals surface area contributed by atoms with Crippen LogP contribution >= 0.6 is 27.3 Å². The SMILES string of the molecule is COc1ccc(/C=c2\sc3n(c2=O)[C@H](c2ccc(OC)c(OC)c2)C2=C(N=3)c3ccccc3CC2)cc1Br. The third-order valence-electron chi connectivity index (χ3n) is 7.07. The molecule has 192 valence electrons. The molecule has 4 aromatic rings. The Hall–Kier alpha value is -3.62. The third-order valence-corrected chi connectivity index (χ3v) is 8.67. The zero-order chi connectivity index (χ0) is 26.4. The van der Waals surface area contributed by atoms with Crippen molar-refractivity contribution in [2.75, 3.05) is 21.3 Å². The number of aromatic nitrogens is 1. The van der Waals surface area contributed by atoms with Crippen LogP contribution in [0.3, 0.4) is 0 Å². The summed E-state index contributed by atoms with van der Waals surface area (Å²) < 4.78 is 19.8. The Kier molecular flexibility index (Phi) is 6.45. The van der Waals surface area contributed by atoms with Gasteiger partial charge in [-0.25, -0.2) is 4.99 Å². The van der Waals surface area contributed by atoms with Gasteiger partial charge < -0.3 is 14.2 Å². The summed E-state index contributed by atoms with van der Waals surface area (Å²) in [6.45, 7) is 0. The van der Waals surface area contributed by atoms with E-state index < -0.39 is 0 Å². The molecule has 2 heterocycles. The molecule has 1 aromatic heterocycles. The van der Waals surface area contributed by atoms with Crippen LogP contribution in [-0.2, 0) is 6.42 Å². The van der Waals surface area contributed by atoms with Gasteiger partial charge in [-0.05, 0) is 81.4 Å². The largest absolute Gasteiger partial charge is 0.496 e. The Balaban J connectivity index is 1.60. The van der Waals surface area contributed by atoms with E-state index in [4.69, 9.17) is 19.2 Å². The number of halogens is 1. The van der Waals surface area contributed by atoms with E-state index in [0.717, 1.165) is 51.0 Å². The van der Waals surface area contributed by atoms with E-state index in [0.29, 0.717) is 20.8 Å². The van der Waals surface area contributed by atoms with E-state index in [-0.39, 0.29) is 11.6 Å². The summed E-state index contributed by atoms with van der Waals surface area (Å²) in [5, 5.41) is 0. The van der Waals surface area contributed by atoms with Gasteiger partial charge in [0, 0.05) is 5.56 Å². The summed E-state index contributed by atoms with van der Waals surface area (Å²) in [5.41, 5.74) is 6.32. The van der Waals surface area contributed by atoms with Crippen molar-refractivity contribution < 1.29 is 14.2 Å². The second-order valence-corrected chi connectivity index (χ2v) is 11.0. The van der Waals surface area contributed by atoms with Crippen LogP contribution in [0.4, 0.5) is 0 Å². The van der Waals surface area contributed by atoms with E-state index in [9.17, 15) is 4.79 Å². The molecular weight excluding hydrogens is 564 g/mol. The van der Waals surface area contributed by atoms with Gasteiger partial charge in [-0.15, -0.1) is 0 Å². The van der Waals surface area contributed by atoms with Gasteiger partial charge in [0.05, 0.1) is 42.1 Å². The lowest BCUT2D eigenvalue weighted by atomic mass is 9.83. The smallest absolute Gasteiger partial charge is 0.271 e. The molecule has 0 amide bonds. The summed E-state index contributed by atoms with van der Waals surface area (Å²) in [5.74, 6) is 2.02. The summed E-state index contributed by atoms with van der Waals surface area (Å²) >= 11 is 4.96. The van der Waals surface area contributed by atoms with E-state index in [1.807, 2.05) is 53.1 Å². The molecule has 0 N–H and O–H groups in total. The Morgan fingerprint density at radius 1 is 0.947 bits per heavy atom. The predicted octanol–water partition coefficient (Wildman–Crippen LogP) is 5.11. The molecule has 0 unspecified atom stereocenters. The maximum Gasteiger partial charge on any atom is 0.271 e. The van der Waals surface area contributed by atoms with Crippen molar-refractivity contribution in [2.24, 2.45) is 4.99 Å². The highest BCUT2D eigenvalue weighted by molar-refractivity contribution is 9.10. The molecule has 3 aromatic carbocycles. The number of thiazole rings is 1. The van der Waals surface area contributed by atoms with E-state index in [2.05, 4.69) is 34.1 Å². The molecule has 6 rings (SSSR count). The number of rotatable bonds is 5. The third kappa shape index (κ3) is 4.08. The van der Waals surface area contributed by atoms with Gasteiger partial charge in [-0.2, -0.15) is 0 Å². The monoisotopic (exact) mass is 588 g/mol. The standard InChI is InChI=1S/C30H25BrN2O4S/c1-35-23-12-8-17(14-22(23)31)15-26-29(34)33-28(19-10-13-24(36-2)25(16-19)37-3)21-11-9-18-6-4-5-7-20(18)27(21)32-30(33)38-26/h4-8,10,12-16,28H,9,11H2,1-3H3/b26-15-/t28-/m1/s1. The topological polar surface area (TPSA) is 62.0 Å². The first-order chi connectivity index (χ1) is 18.5. The number of ether oxygens (including phenoxy) is 3. The van der Waals surface area contributed by atoms with Crippen LogP contribution in [0.2, 0.25) is 0 Å². The number of allylic oxidation sites excluding steroid dienone is 1. The van der Waals surface area contributed by atoms with Crippen LogP contribution in [0.25, 0.3) is 11.8 Å². The lowest BCUT2D eigenvalue weighted by Crippen LogP contribution is -2.38. The highest BCUT2D eigenvalue weighted by atomic mass is 79.9.